The summed E-state index contributed by atoms with van der Waals surface area (Å²) in [4.78, 5) is 21.2. The van der Waals surface area contributed by atoms with Crippen LogP contribution in [0.1, 0.15) is 52.4 Å². The topological polar surface area (TPSA) is 63.6 Å². The van der Waals surface area contributed by atoms with Crippen molar-refractivity contribution in [1.82, 2.24) is 0 Å². The molecule has 0 radical (unpaired) electrons. The molecule has 0 saturated carbocycles. The van der Waals surface area contributed by atoms with E-state index in [1.165, 1.54) is 38.7 Å². The smallest absolute Gasteiger partial charge is 0.328 e. The Morgan fingerprint density at radius 2 is 1.81 bits per heavy atom. The fraction of sp³-hybridized carbons (Fsp3) is 0.529. The number of hydrogen-bond acceptors (Lipinski definition) is 3. The molecule has 0 aromatic carbocycles. The second-order valence-corrected chi connectivity index (χ2v) is 4.82. The second kappa shape index (κ2) is 13.2. The molecular weight excluding hydrogens is 268 g/mol. The predicted octanol–water partition coefficient (Wildman–Crippen LogP) is 4.03. The van der Waals surface area contributed by atoms with Crippen molar-refractivity contribution in [3.05, 3.63) is 36.0 Å². The molecule has 21 heavy (non-hydrogen) atoms. The SMILES string of the molecule is CCCCCCCC=CC(=CC=CC(=O)O)COC(C)=O. The molecule has 0 spiro atoms. The minimum absolute atomic E-state index is 0.158. The quantitative estimate of drug-likeness (QED) is 0.270. The third-order valence-corrected chi connectivity index (χ3v) is 2.80. The van der Waals surface area contributed by atoms with Crippen molar-refractivity contribution in [3.8, 4) is 0 Å². The van der Waals surface area contributed by atoms with Gasteiger partial charge in [-0.05, 0) is 18.4 Å². The minimum atomic E-state index is -1.00. The van der Waals surface area contributed by atoms with Gasteiger partial charge >= 0.3 is 11.9 Å². The van der Waals surface area contributed by atoms with Crippen molar-refractivity contribution in [2.24, 2.45) is 0 Å². The molecule has 4 heteroatoms. The van der Waals surface area contributed by atoms with E-state index >= 15 is 0 Å². The minimum Gasteiger partial charge on any atom is -0.478 e. The van der Waals surface area contributed by atoms with Crippen molar-refractivity contribution in [1.29, 1.82) is 0 Å². The van der Waals surface area contributed by atoms with Crippen molar-refractivity contribution in [2.45, 2.75) is 52.4 Å². The van der Waals surface area contributed by atoms with Crippen LogP contribution >= 0.6 is 0 Å². The molecule has 0 rings (SSSR count). The number of carboxylic acid groups (broad SMARTS) is 1. The average Bonchev–Trinajstić information content (AvgIpc) is 2.42. The first-order chi connectivity index (χ1) is 10.1. The van der Waals surface area contributed by atoms with Gasteiger partial charge in [0.15, 0.2) is 0 Å². The Labute approximate surface area is 127 Å². The third kappa shape index (κ3) is 14.4. The van der Waals surface area contributed by atoms with Crippen LogP contribution in [-0.4, -0.2) is 23.7 Å². The maximum absolute atomic E-state index is 10.8. The van der Waals surface area contributed by atoms with Crippen LogP contribution in [0, 0.1) is 0 Å². The number of hydrogen-bond donors (Lipinski definition) is 1. The van der Waals surface area contributed by atoms with Gasteiger partial charge in [0, 0.05) is 13.0 Å². The molecule has 4 nitrogen and oxygen atoms in total. The van der Waals surface area contributed by atoms with Crippen molar-refractivity contribution in [2.75, 3.05) is 6.61 Å². The van der Waals surface area contributed by atoms with E-state index in [9.17, 15) is 9.59 Å². The lowest BCUT2D eigenvalue weighted by atomic mass is 10.1. The number of rotatable bonds is 11. The number of carbonyl (C=O) groups is 2. The number of unbranched alkanes of at least 4 members (excludes halogenated alkanes) is 5. The maximum atomic E-state index is 10.8. The highest BCUT2D eigenvalue weighted by Crippen LogP contribution is 2.07. The van der Waals surface area contributed by atoms with E-state index in [0.717, 1.165) is 24.5 Å². The number of aliphatic carboxylic acids is 1. The summed E-state index contributed by atoms with van der Waals surface area (Å²) in [6.45, 7) is 3.70. The summed E-state index contributed by atoms with van der Waals surface area (Å²) in [6, 6.07) is 0. The van der Waals surface area contributed by atoms with Crippen LogP contribution in [0.4, 0.5) is 0 Å². The molecule has 0 fully saturated rings. The van der Waals surface area contributed by atoms with Crippen LogP contribution in [0.3, 0.4) is 0 Å². The molecule has 0 aromatic rings. The maximum Gasteiger partial charge on any atom is 0.328 e. The van der Waals surface area contributed by atoms with E-state index in [2.05, 4.69) is 6.92 Å². The predicted molar refractivity (Wildman–Crippen MR) is 84.0 cm³/mol. The summed E-state index contributed by atoms with van der Waals surface area (Å²) in [6.07, 6.45) is 15.2. The van der Waals surface area contributed by atoms with Gasteiger partial charge in [-0.2, -0.15) is 0 Å². The molecule has 0 aliphatic carbocycles. The number of carboxylic acids is 1. The van der Waals surface area contributed by atoms with E-state index in [4.69, 9.17) is 9.84 Å². The number of allylic oxidation sites excluding steroid dienone is 3. The van der Waals surface area contributed by atoms with Gasteiger partial charge in [-0.25, -0.2) is 4.79 Å². The summed E-state index contributed by atoms with van der Waals surface area (Å²) in [7, 11) is 0. The Kier molecular flexibility index (Phi) is 12.0. The lowest BCUT2D eigenvalue weighted by Crippen LogP contribution is -2.01. The molecule has 0 aliphatic rings. The van der Waals surface area contributed by atoms with Gasteiger partial charge < -0.3 is 9.84 Å². The average molecular weight is 294 g/mol. The van der Waals surface area contributed by atoms with Crippen molar-refractivity contribution in [3.63, 3.8) is 0 Å². The summed E-state index contributed by atoms with van der Waals surface area (Å²) in [5.41, 5.74) is 0.774. The van der Waals surface area contributed by atoms with Crippen molar-refractivity contribution >= 4 is 11.9 Å². The first kappa shape index (κ1) is 19.2. The molecular formula is C17H26O4. The second-order valence-electron chi connectivity index (χ2n) is 4.82. The van der Waals surface area contributed by atoms with Crippen LogP contribution in [0.15, 0.2) is 36.0 Å². The van der Waals surface area contributed by atoms with Gasteiger partial charge in [-0.3, -0.25) is 4.79 Å². The lowest BCUT2D eigenvalue weighted by molar-refractivity contribution is -0.140. The zero-order chi connectivity index (χ0) is 15.9. The van der Waals surface area contributed by atoms with Crippen LogP contribution in [-0.2, 0) is 14.3 Å². The van der Waals surface area contributed by atoms with E-state index in [-0.39, 0.29) is 12.6 Å². The largest absolute Gasteiger partial charge is 0.478 e. The molecule has 0 aliphatic heterocycles. The van der Waals surface area contributed by atoms with Gasteiger partial charge in [0.05, 0.1) is 0 Å². The molecule has 0 bridgehead atoms. The Bertz CT molecular complexity index is 392. The number of carbonyl (C=O) groups excluding carboxylic acids is 1. The van der Waals surface area contributed by atoms with Gasteiger partial charge in [0.2, 0.25) is 0 Å². The Hall–Kier alpha value is -1.84. The first-order valence-electron chi connectivity index (χ1n) is 7.46. The molecule has 1 N–H and O–H groups in total. The Morgan fingerprint density at radius 1 is 1.10 bits per heavy atom. The van der Waals surface area contributed by atoms with Crippen LogP contribution in [0.5, 0.6) is 0 Å². The van der Waals surface area contributed by atoms with Gasteiger partial charge in [0.25, 0.3) is 0 Å². The molecule has 0 aromatic heterocycles. The van der Waals surface area contributed by atoms with Gasteiger partial charge in [-0.1, -0.05) is 56.9 Å². The molecule has 118 valence electrons. The highest BCUT2D eigenvalue weighted by atomic mass is 16.5. The van der Waals surface area contributed by atoms with Gasteiger partial charge in [-0.15, -0.1) is 0 Å². The molecule has 0 saturated heterocycles. The zero-order valence-corrected chi connectivity index (χ0v) is 13.0. The van der Waals surface area contributed by atoms with Crippen LogP contribution in [0.25, 0.3) is 0 Å². The molecule has 0 unspecified atom stereocenters. The Morgan fingerprint density at radius 3 is 2.43 bits per heavy atom. The molecule has 0 amide bonds. The van der Waals surface area contributed by atoms with Gasteiger partial charge in [0.1, 0.15) is 6.61 Å². The number of ether oxygens (including phenoxy) is 1. The monoisotopic (exact) mass is 294 g/mol. The summed E-state index contributed by atoms with van der Waals surface area (Å²) < 4.78 is 4.93. The summed E-state index contributed by atoms with van der Waals surface area (Å²) >= 11 is 0. The highest BCUT2D eigenvalue weighted by Gasteiger charge is 1.96. The van der Waals surface area contributed by atoms with Crippen LogP contribution in [0.2, 0.25) is 0 Å². The highest BCUT2D eigenvalue weighted by molar-refractivity contribution is 5.80. The van der Waals surface area contributed by atoms with Crippen molar-refractivity contribution < 1.29 is 19.4 Å². The fourth-order valence-corrected chi connectivity index (χ4v) is 1.69. The fourth-order valence-electron chi connectivity index (χ4n) is 1.69. The standard InChI is InChI=1S/C17H26O4/c1-3-4-5-6-7-8-9-11-16(14-21-15(2)18)12-10-13-17(19)20/h9-13H,3-8,14H2,1-2H3,(H,19,20). The number of esters is 1. The third-order valence-electron chi connectivity index (χ3n) is 2.80. The zero-order valence-electron chi connectivity index (χ0n) is 13.0. The summed E-state index contributed by atoms with van der Waals surface area (Å²) in [5, 5.41) is 8.54. The summed E-state index contributed by atoms with van der Waals surface area (Å²) in [5.74, 6) is -1.35. The van der Waals surface area contributed by atoms with E-state index in [1.54, 1.807) is 6.08 Å². The van der Waals surface area contributed by atoms with E-state index < -0.39 is 5.97 Å². The van der Waals surface area contributed by atoms with E-state index in [0.29, 0.717) is 0 Å². The lowest BCUT2D eigenvalue weighted by Gasteiger charge is -2.02. The van der Waals surface area contributed by atoms with E-state index in [1.807, 2.05) is 12.2 Å². The molecule has 0 atom stereocenters. The Balaban J connectivity index is 4.25. The van der Waals surface area contributed by atoms with Crippen LogP contribution < -0.4 is 0 Å². The molecule has 0 heterocycles. The first-order valence-corrected chi connectivity index (χ1v) is 7.46. The normalized spacial score (nSPS) is 12.2.